The SMILES string of the molecule is COc1ccnc(NC(=S)N/N=C/c2ccccc2OC)c1. The van der Waals surface area contributed by atoms with E-state index in [2.05, 4.69) is 20.8 Å². The second-order valence-electron chi connectivity index (χ2n) is 4.15. The van der Waals surface area contributed by atoms with E-state index in [4.69, 9.17) is 21.7 Å². The number of pyridine rings is 1. The van der Waals surface area contributed by atoms with Crippen LogP contribution in [-0.2, 0) is 0 Å². The molecule has 2 N–H and O–H groups in total. The Labute approximate surface area is 134 Å². The Bertz CT molecular complexity index is 676. The molecule has 6 nitrogen and oxygen atoms in total. The minimum Gasteiger partial charge on any atom is -0.497 e. The summed E-state index contributed by atoms with van der Waals surface area (Å²) >= 11 is 5.14. The predicted octanol–water partition coefficient (Wildman–Crippen LogP) is 2.42. The molecule has 22 heavy (non-hydrogen) atoms. The fourth-order valence-electron chi connectivity index (χ4n) is 1.68. The second-order valence-corrected chi connectivity index (χ2v) is 4.56. The van der Waals surface area contributed by atoms with E-state index in [0.717, 1.165) is 11.3 Å². The number of aromatic nitrogens is 1. The maximum absolute atomic E-state index is 5.23. The number of hydrogen-bond donors (Lipinski definition) is 2. The summed E-state index contributed by atoms with van der Waals surface area (Å²) < 4.78 is 10.3. The van der Waals surface area contributed by atoms with Gasteiger partial charge in [-0.2, -0.15) is 5.10 Å². The van der Waals surface area contributed by atoms with Crippen molar-refractivity contribution in [1.82, 2.24) is 10.4 Å². The highest BCUT2D eigenvalue weighted by molar-refractivity contribution is 7.80. The third-order valence-corrected chi connectivity index (χ3v) is 2.91. The quantitative estimate of drug-likeness (QED) is 0.502. The molecule has 1 heterocycles. The summed E-state index contributed by atoms with van der Waals surface area (Å²) in [6.07, 6.45) is 3.26. The van der Waals surface area contributed by atoms with Crippen LogP contribution in [0.1, 0.15) is 5.56 Å². The highest BCUT2D eigenvalue weighted by atomic mass is 32.1. The summed E-state index contributed by atoms with van der Waals surface area (Å²) in [5.41, 5.74) is 3.57. The molecule has 0 unspecified atom stereocenters. The first-order valence-electron chi connectivity index (χ1n) is 6.46. The number of thiocarbonyl (C=S) groups is 1. The van der Waals surface area contributed by atoms with Crippen LogP contribution in [-0.4, -0.2) is 30.5 Å². The van der Waals surface area contributed by atoms with Crippen LogP contribution < -0.4 is 20.2 Å². The Morgan fingerprint density at radius 1 is 1.23 bits per heavy atom. The number of nitrogens with one attached hydrogen (secondary N) is 2. The van der Waals surface area contributed by atoms with Gasteiger partial charge in [-0.05, 0) is 30.4 Å². The third kappa shape index (κ3) is 4.42. The van der Waals surface area contributed by atoms with E-state index >= 15 is 0 Å². The number of hydrogen-bond acceptors (Lipinski definition) is 5. The summed E-state index contributed by atoms with van der Waals surface area (Å²) in [5, 5.41) is 7.31. The van der Waals surface area contributed by atoms with Crippen molar-refractivity contribution in [2.24, 2.45) is 5.10 Å². The van der Waals surface area contributed by atoms with Crippen LogP contribution in [0, 0.1) is 0 Å². The van der Waals surface area contributed by atoms with Gasteiger partial charge >= 0.3 is 0 Å². The predicted molar refractivity (Wildman–Crippen MR) is 90.7 cm³/mol. The number of para-hydroxylation sites is 1. The van der Waals surface area contributed by atoms with Gasteiger partial charge in [0.25, 0.3) is 0 Å². The molecule has 0 saturated carbocycles. The zero-order valence-electron chi connectivity index (χ0n) is 12.2. The smallest absolute Gasteiger partial charge is 0.192 e. The lowest BCUT2D eigenvalue weighted by Crippen LogP contribution is -2.24. The molecule has 1 aromatic heterocycles. The van der Waals surface area contributed by atoms with Crippen molar-refractivity contribution in [3.63, 3.8) is 0 Å². The standard InChI is InChI=1S/C15H16N4O2S/c1-20-12-7-8-16-14(9-12)18-15(22)19-17-10-11-5-3-4-6-13(11)21-2/h3-10H,1-2H3,(H2,16,18,19,22)/b17-10+. The molecule has 0 aliphatic rings. The summed E-state index contributed by atoms with van der Waals surface area (Å²) in [6, 6.07) is 11.0. The molecule has 0 amide bonds. The Kier molecular flexibility index (Phi) is 5.67. The summed E-state index contributed by atoms with van der Waals surface area (Å²) in [7, 11) is 3.20. The van der Waals surface area contributed by atoms with Gasteiger partial charge in [0.1, 0.15) is 17.3 Å². The van der Waals surface area contributed by atoms with E-state index in [1.54, 1.807) is 38.8 Å². The Balaban J connectivity index is 1.93. The minimum absolute atomic E-state index is 0.326. The van der Waals surface area contributed by atoms with Crippen LogP contribution in [0.2, 0.25) is 0 Å². The van der Waals surface area contributed by atoms with Crippen LogP contribution in [0.5, 0.6) is 11.5 Å². The molecule has 0 spiro atoms. The molecule has 114 valence electrons. The van der Waals surface area contributed by atoms with E-state index in [-0.39, 0.29) is 0 Å². The average Bonchev–Trinajstić information content (AvgIpc) is 2.55. The number of rotatable bonds is 5. The van der Waals surface area contributed by atoms with Crippen LogP contribution in [0.3, 0.4) is 0 Å². The highest BCUT2D eigenvalue weighted by Gasteiger charge is 2.00. The summed E-state index contributed by atoms with van der Waals surface area (Å²) in [6.45, 7) is 0. The number of benzene rings is 1. The van der Waals surface area contributed by atoms with Gasteiger partial charge in [-0.25, -0.2) is 4.98 Å². The van der Waals surface area contributed by atoms with E-state index in [0.29, 0.717) is 16.7 Å². The Hall–Kier alpha value is -2.67. The molecule has 1 aromatic carbocycles. The number of ether oxygens (including phenoxy) is 2. The topological polar surface area (TPSA) is 67.8 Å². The third-order valence-electron chi connectivity index (χ3n) is 2.72. The van der Waals surface area contributed by atoms with Crippen LogP contribution in [0.4, 0.5) is 5.82 Å². The minimum atomic E-state index is 0.326. The molecule has 0 saturated heterocycles. The molecule has 0 radical (unpaired) electrons. The molecular weight excluding hydrogens is 300 g/mol. The van der Waals surface area contributed by atoms with Gasteiger partial charge in [-0.3, -0.25) is 5.43 Å². The molecule has 0 bridgehead atoms. The van der Waals surface area contributed by atoms with Gasteiger partial charge in [0.2, 0.25) is 0 Å². The first-order chi connectivity index (χ1) is 10.7. The van der Waals surface area contributed by atoms with Gasteiger partial charge in [0.05, 0.1) is 20.4 Å². The van der Waals surface area contributed by atoms with Crippen LogP contribution >= 0.6 is 12.2 Å². The molecule has 0 atom stereocenters. The van der Waals surface area contributed by atoms with Crippen molar-refractivity contribution in [1.29, 1.82) is 0 Å². The number of nitrogens with zero attached hydrogens (tertiary/aromatic N) is 2. The van der Waals surface area contributed by atoms with Gasteiger partial charge in [-0.1, -0.05) is 12.1 Å². The zero-order valence-corrected chi connectivity index (χ0v) is 13.1. The average molecular weight is 316 g/mol. The van der Waals surface area contributed by atoms with E-state index in [1.165, 1.54) is 0 Å². The summed E-state index contributed by atoms with van der Waals surface area (Å²) in [5.74, 6) is 2.00. The van der Waals surface area contributed by atoms with E-state index in [1.807, 2.05) is 24.3 Å². The van der Waals surface area contributed by atoms with Crippen LogP contribution in [0.15, 0.2) is 47.7 Å². The molecule has 0 fully saturated rings. The molecule has 7 heteroatoms. The fourth-order valence-corrected chi connectivity index (χ4v) is 1.84. The van der Waals surface area contributed by atoms with E-state index < -0.39 is 0 Å². The lowest BCUT2D eigenvalue weighted by Gasteiger charge is -2.07. The number of hydrazone groups is 1. The molecule has 0 aliphatic heterocycles. The van der Waals surface area contributed by atoms with E-state index in [9.17, 15) is 0 Å². The number of methoxy groups -OCH3 is 2. The molecule has 2 rings (SSSR count). The second kappa shape index (κ2) is 7.94. The maximum Gasteiger partial charge on any atom is 0.192 e. The molecule has 0 aliphatic carbocycles. The van der Waals surface area contributed by atoms with Crippen molar-refractivity contribution in [2.45, 2.75) is 0 Å². The van der Waals surface area contributed by atoms with Gasteiger partial charge in [-0.15, -0.1) is 0 Å². The first-order valence-corrected chi connectivity index (χ1v) is 6.87. The van der Waals surface area contributed by atoms with Crippen molar-refractivity contribution in [3.05, 3.63) is 48.2 Å². The summed E-state index contributed by atoms with van der Waals surface area (Å²) in [4.78, 5) is 4.13. The van der Waals surface area contributed by atoms with Crippen LogP contribution in [0.25, 0.3) is 0 Å². The lowest BCUT2D eigenvalue weighted by molar-refractivity contribution is 0.414. The van der Waals surface area contributed by atoms with Crippen molar-refractivity contribution < 1.29 is 9.47 Å². The largest absolute Gasteiger partial charge is 0.497 e. The Morgan fingerprint density at radius 3 is 2.82 bits per heavy atom. The van der Waals surface area contributed by atoms with Gasteiger partial charge in [0.15, 0.2) is 5.11 Å². The number of anilines is 1. The van der Waals surface area contributed by atoms with Gasteiger partial charge < -0.3 is 14.8 Å². The first kappa shape index (κ1) is 15.7. The molecule has 2 aromatic rings. The maximum atomic E-state index is 5.23. The van der Waals surface area contributed by atoms with Crippen molar-refractivity contribution >= 4 is 29.4 Å². The molecular formula is C15H16N4O2S. The Morgan fingerprint density at radius 2 is 2.05 bits per heavy atom. The van der Waals surface area contributed by atoms with Gasteiger partial charge in [0, 0.05) is 17.8 Å². The zero-order chi connectivity index (χ0) is 15.8. The monoisotopic (exact) mass is 316 g/mol. The lowest BCUT2D eigenvalue weighted by atomic mass is 10.2. The van der Waals surface area contributed by atoms with Crippen molar-refractivity contribution in [3.8, 4) is 11.5 Å². The fraction of sp³-hybridized carbons (Fsp3) is 0.133. The normalized spacial score (nSPS) is 10.3. The van der Waals surface area contributed by atoms with Crippen molar-refractivity contribution in [2.75, 3.05) is 19.5 Å². The highest BCUT2D eigenvalue weighted by Crippen LogP contribution is 2.15.